The van der Waals surface area contributed by atoms with Gasteiger partial charge >= 0.3 is 0 Å². The van der Waals surface area contributed by atoms with Crippen molar-refractivity contribution >= 4 is 22.6 Å². The van der Waals surface area contributed by atoms with Crippen molar-refractivity contribution in [3.63, 3.8) is 0 Å². The second-order valence-electron chi connectivity index (χ2n) is 3.86. The summed E-state index contributed by atoms with van der Waals surface area (Å²) in [6.45, 7) is 4.32. The Morgan fingerprint density at radius 1 is 1.50 bits per heavy atom. The molecule has 0 aliphatic rings. The van der Waals surface area contributed by atoms with Crippen molar-refractivity contribution in [1.29, 1.82) is 0 Å². The number of nitrogens with zero attached hydrogens (tertiary/aromatic N) is 1. The number of hydrogen-bond acceptors (Lipinski definition) is 3. The second kappa shape index (κ2) is 6.43. The third-order valence-corrected chi connectivity index (χ3v) is 3.08. The van der Waals surface area contributed by atoms with E-state index in [0.717, 1.165) is 17.2 Å². The molecule has 1 aromatic carbocycles. The molecule has 0 saturated heterocycles. The molecule has 0 aliphatic carbocycles. The topological polar surface area (TPSA) is 47.6 Å². The van der Waals surface area contributed by atoms with Crippen LogP contribution in [-0.4, -0.2) is 18.0 Å². The zero-order chi connectivity index (χ0) is 12.0. The minimum Gasteiger partial charge on any atom is -0.497 e. The predicted octanol–water partition coefficient (Wildman–Crippen LogP) is 3.03. The molecule has 0 amide bonds. The highest BCUT2D eigenvalue weighted by Crippen LogP contribution is 2.20. The molecule has 0 spiro atoms. The largest absolute Gasteiger partial charge is 0.497 e. The molecule has 0 aromatic heterocycles. The number of thioether (sulfide) groups is 1. The van der Waals surface area contributed by atoms with Gasteiger partial charge in [-0.25, -0.2) is 4.99 Å². The summed E-state index contributed by atoms with van der Waals surface area (Å²) in [6.07, 6.45) is 0. The maximum atomic E-state index is 5.82. The van der Waals surface area contributed by atoms with Crippen LogP contribution in [0.5, 0.6) is 5.75 Å². The van der Waals surface area contributed by atoms with Crippen molar-refractivity contribution in [3.8, 4) is 5.75 Å². The van der Waals surface area contributed by atoms with Gasteiger partial charge in [-0.05, 0) is 18.1 Å². The smallest absolute Gasteiger partial charge is 0.159 e. The summed E-state index contributed by atoms with van der Waals surface area (Å²) < 4.78 is 5.12. The fourth-order valence-electron chi connectivity index (χ4n) is 1.09. The van der Waals surface area contributed by atoms with Crippen molar-refractivity contribution < 1.29 is 4.74 Å². The summed E-state index contributed by atoms with van der Waals surface area (Å²) in [4.78, 5) is 4.32. The van der Waals surface area contributed by atoms with E-state index < -0.39 is 0 Å². The van der Waals surface area contributed by atoms with Crippen LogP contribution in [0.15, 0.2) is 29.3 Å². The highest BCUT2D eigenvalue weighted by atomic mass is 32.2. The van der Waals surface area contributed by atoms with Crippen LogP contribution < -0.4 is 10.5 Å². The normalized spacial score (nSPS) is 11.9. The molecule has 0 bridgehead atoms. The summed E-state index contributed by atoms with van der Waals surface area (Å²) in [5.74, 6) is 2.39. The van der Waals surface area contributed by atoms with E-state index in [1.165, 1.54) is 0 Å². The second-order valence-corrected chi connectivity index (χ2v) is 4.90. The minimum atomic E-state index is 0.599. The van der Waals surface area contributed by atoms with Crippen LogP contribution in [0.4, 0.5) is 5.69 Å². The van der Waals surface area contributed by atoms with Crippen molar-refractivity contribution in [1.82, 2.24) is 0 Å². The Morgan fingerprint density at radius 3 is 2.88 bits per heavy atom. The number of nitrogens with two attached hydrogens (primary N) is 1. The van der Waals surface area contributed by atoms with Crippen LogP contribution in [0.3, 0.4) is 0 Å². The van der Waals surface area contributed by atoms with Gasteiger partial charge in [-0.15, -0.1) is 0 Å². The molecule has 1 rings (SSSR count). The first-order chi connectivity index (χ1) is 7.61. The number of ether oxygens (including phenoxy) is 1. The molecular formula is C12H18N2OS. The average molecular weight is 238 g/mol. The Hall–Kier alpha value is -1.16. The monoisotopic (exact) mass is 238 g/mol. The number of methoxy groups -OCH3 is 1. The zero-order valence-electron chi connectivity index (χ0n) is 9.93. The molecule has 3 nitrogen and oxygen atoms in total. The number of hydrogen-bond donors (Lipinski definition) is 1. The number of rotatable bonds is 4. The highest BCUT2D eigenvalue weighted by molar-refractivity contribution is 8.13. The van der Waals surface area contributed by atoms with E-state index in [-0.39, 0.29) is 0 Å². The first kappa shape index (κ1) is 12.9. The lowest BCUT2D eigenvalue weighted by atomic mass is 10.3. The molecule has 0 atom stereocenters. The van der Waals surface area contributed by atoms with Crippen molar-refractivity contribution in [2.24, 2.45) is 16.6 Å². The van der Waals surface area contributed by atoms with Gasteiger partial charge in [0.15, 0.2) is 5.17 Å². The lowest BCUT2D eigenvalue weighted by molar-refractivity contribution is 0.415. The van der Waals surface area contributed by atoms with E-state index in [4.69, 9.17) is 10.5 Å². The number of benzene rings is 1. The fraction of sp³-hybridized carbons (Fsp3) is 0.417. The van der Waals surface area contributed by atoms with Gasteiger partial charge in [0.25, 0.3) is 0 Å². The summed E-state index contributed by atoms with van der Waals surface area (Å²) in [5.41, 5.74) is 6.64. The maximum absolute atomic E-state index is 5.82. The molecule has 4 heteroatoms. The molecule has 0 fully saturated rings. The summed E-state index contributed by atoms with van der Waals surface area (Å²) in [7, 11) is 1.64. The zero-order valence-corrected chi connectivity index (χ0v) is 10.8. The summed E-state index contributed by atoms with van der Waals surface area (Å²) in [5, 5.41) is 0.599. The van der Waals surface area contributed by atoms with E-state index in [0.29, 0.717) is 11.1 Å². The van der Waals surface area contributed by atoms with Crippen LogP contribution in [0.25, 0.3) is 0 Å². The van der Waals surface area contributed by atoms with Gasteiger partial charge in [0.05, 0.1) is 12.8 Å². The van der Waals surface area contributed by atoms with Gasteiger partial charge in [0.1, 0.15) is 5.75 Å². The van der Waals surface area contributed by atoms with Crippen molar-refractivity contribution in [2.75, 3.05) is 12.9 Å². The Morgan fingerprint density at radius 2 is 2.25 bits per heavy atom. The summed E-state index contributed by atoms with van der Waals surface area (Å²) >= 11 is 1.58. The first-order valence-electron chi connectivity index (χ1n) is 5.23. The molecular weight excluding hydrogens is 220 g/mol. The number of amidine groups is 1. The Balaban J connectivity index is 2.65. The molecule has 0 radical (unpaired) electrons. The van der Waals surface area contributed by atoms with E-state index in [2.05, 4.69) is 18.8 Å². The molecule has 0 aliphatic heterocycles. The van der Waals surface area contributed by atoms with Crippen LogP contribution in [-0.2, 0) is 0 Å². The van der Waals surface area contributed by atoms with Crippen molar-refractivity contribution in [3.05, 3.63) is 24.3 Å². The third-order valence-electron chi connectivity index (χ3n) is 1.86. The quantitative estimate of drug-likeness (QED) is 0.648. The lowest BCUT2D eigenvalue weighted by Crippen LogP contribution is -2.08. The molecule has 0 unspecified atom stereocenters. The van der Waals surface area contributed by atoms with Gasteiger partial charge < -0.3 is 10.5 Å². The molecule has 88 valence electrons. The van der Waals surface area contributed by atoms with Crippen molar-refractivity contribution in [2.45, 2.75) is 13.8 Å². The van der Waals surface area contributed by atoms with Gasteiger partial charge in [-0.3, -0.25) is 0 Å². The van der Waals surface area contributed by atoms with E-state index in [1.807, 2.05) is 24.3 Å². The third kappa shape index (κ3) is 4.57. The SMILES string of the molecule is COc1cccc(N=C(N)SCC(C)C)c1. The van der Waals surface area contributed by atoms with E-state index in [1.54, 1.807) is 18.9 Å². The number of aliphatic imine (C=N–C) groups is 1. The maximum Gasteiger partial charge on any atom is 0.159 e. The van der Waals surface area contributed by atoms with Crippen LogP contribution in [0.2, 0.25) is 0 Å². The Kier molecular flexibility index (Phi) is 5.19. The predicted molar refractivity (Wildman–Crippen MR) is 71.6 cm³/mol. The molecule has 0 heterocycles. The first-order valence-corrected chi connectivity index (χ1v) is 6.21. The minimum absolute atomic E-state index is 0.599. The van der Waals surface area contributed by atoms with Crippen LogP contribution in [0.1, 0.15) is 13.8 Å². The summed E-state index contributed by atoms with van der Waals surface area (Å²) in [6, 6.07) is 7.56. The van der Waals surface area contributed by atoms with Gasteiger partial charge in [-0.2, -0.15) is 0 Å². The lowest BCUT2D eigenvalue weighted by Gasteiger charge is -2.04. The van der Waals surface area contributed by atoms with Crippen LogP contribution >= 0.6 is 11.8 Å². The molecule has 2 N–H and O–H groups in total. The van der Waals surface area contributed by atoms with E-state index in [9.17, 15) is 0 Å². The fourth-order valence-corrected chi connectivity index (χ4v) is 1.77. The Bertz CT molecular complexity index is 364. The molecule has 1 aromatic rings. The molecule has 0 saturated carbocycles. The standard InChI is InChI=1S/C12H18N2OS/c1-9(2)8-16-12(13)14-10-5-4-6-11(7-10)15-3/h4-7,9H,8H2,1-3H3,(H2,13,14). The van der Waals surface area contributed by atoms with Gasteiger partial charge in [0, 0.05) is 11.8 Å². The Labute approximate surface area is 101 Å². The van der Waals surface area contributed by atoms with Gasteiger partial charge in [0.2, 0.25) is 0 Å². The average Bonchev–Trinajstić information content (AvgIpc) is 2.26. The highest BCUT2D eigenvalue weighted by Gasteiger charge is 1.99. The van der Waals surface area contributed by atoms with E-state index >= 15 is 0 Å². The van der Waals surface area contributed by atoms with Gasteiger partial charge in [-0.1, -0.05) is 31.7 Å². The van der Waals surface area contributed by atoms with Crippen LogP contribution in [0, 0.1) is 5.92 Å². The molecule has 16 heavy (non-hydrogen) atoms.